The molecule has 2 aromatic rings. The maximum atomic E-state index is 12.9. The molecule has 3 nitrogen and oxygen atoms in total. The Bertz CT molecular complexity index is 588. The zero-order chi connectivity index (χ0) is 11.8. The summed E-state index contributed by atoms with van der Waals surface area (Å²) < 4.78 is 49.2. The molecule has 0 saturated heterocycles. The number of hydrogen-bond donors (Lipinski definition) is 0. The number of sulfone groups is 1. The van der Waals surface area contributed by atoms with E-state index in [1.807, 2.05) is 0 Å². The van der Waals surface area contributed by atoms with Crippen molar-refractivity contribution < 1.29 is 17.2 Å². The van der Waals surface area contributed by atoms with Gasteiger partial charge < -0.3 is 0 Å². The van der Waals surface area contributed by atoms with Crippen molar-refractivity contribution in [2.45, 2.75) is 9.24 Å². The van der Waals surface area contributed by atoms with Crippen molar-refractivity contribution in [3.05, 3.63) is 41.4 Å². The van der Waals surface area contributed by atoms with Crippen molar-refractivity contribution in [2.75, 3.05) is 0 Å². The maximum Gasteiger partial charge on any atom is 0.233 e. The highest BCUT2D eigenvalue weighted by Gasteiger charge is 2.21. The van der Waals surface area contributed by atoms with Gasteiger partial charge in [-0.25, -0.2) is 22.2 Å². The molecular formula is C9H5F2NO2S2. The lowest BCUT2D eigenvalue weighted by Crippen LogP contribution is -2.02. The highest BCUT2D eigenvalue weighted by atomic mass is 32.2. The van der Waals surface area contributed by atoms with E-state index in [-0.39, 0.29) is 4.34 Å². The molecule has 7 heteroatoms. The van der Waals surface area contributed by atoms with E-state index in [4.69, 9.17) is 0 Å². The Morgan fingerprint density at radius 2 is 1.75 bits per heavy atom. The van der Waals surface area contributed by atoms with E-state index in [2.05, 4.69) is 4.98 Å². The van der Waals surface area contributed by atoms with Crippen LogP contribution in [-0.2, 0) is 9.84 Å². The van der Waals surface area contributed by atoms with Crippen LogP contribution in [0.15, 0.2) is 39.0 Å². The maximum absolute atomic E-state index is 12.9. The summed E-state index contributed by atoms with van der Waals surface area (Å²) >= 11 is 0.892. The van der Waals surface area contributed by atoms with Crippen molar-refractivity contribution in [2.24, 2.45) is 0 Å². The quantitative estimate of drug-likeness (QED) is 0.833. The molecule has 0 saturated carbocycles. The Balaban J connectivity index is 2.61. The van der Waals surface area contributed by atoms with Gasteiger partial charge >= 0.3 is 0 Å². The molecule has 0 amide bonds. The molecule has 1 aromatic heterocycles. The lowest BCUT2D eigenvalue weighted by molar-refractivity contribution is 0.567. The van der Waals surface area contributed by atoms with Gasteiger partial charge in [0.1, 0.15) is 11.6 Å². The predicted octanol–water partition coefficient (Wildman–Crippen LogP) is 2.25. The van der Waals surface area contributed by atoms with Gasteiger partial charge in [-0.1, -0.05) is 0 Å². The summed E-state index contributed by atoms with van der Waals surface area (Å²) in [7, 11) is -3.91. The van der Waals surface area contributed by atoms with Gasteiger partial charge in [-0.2, -0.15) is 0 Å². The number of aromatic nitrogens is 1. The first-order valence-electron chi connectivity index (χ1n) is 4.11. The van der Waals surface area contributed by atoms with E-state index in [0.717, 1.165) is 23.5 Å². The Labute approximate surface area is 94.3 Å². The van der Waals surface area contributed by atoms with E-state index in [9.17, 15) is 17.2 Å². The van der Waals surface area contributed by atoms with E-state index in [0.29, 0.717) is 6.07 Å². The van der Waals surface area contributed by atoms with Crippen LogP contribution in [-0.4, -0.2) is 13.4 Å². The summed E-state index contributed by atoms with van der Waals surface area (Å²) in [6.45, 7) is 0. The first kappa shape index (κ1) is 11.2. The van der Waals surface area contributed by atoms with E-state index in [1.165, 1.54) is 11.6 Å². The molecule has 16 heavy (non-hydrogen) atoms. The molecule has 0 unspecified atom stereocenters. The van der Waals surface area contributed by atoms with Gasteiger partial charge in [0.25, 0.3) is 0 Å². The SMILES string of the molecule is O=S(=O)(c1cc(F)cc(F)c1)c1nccs1. The molecule has 1 aromatic carbocycles. The topological polar surface area (TPSA) is 47.0 Å². The predicted molar refractivity (Wildman–Crippen MR) is 53.9 cm³/mol. The van der Waals surface area contributed by atoms with Crippen LogP contribution in [0.1, 0.15) is 0 Å². The van der Waals surface area contributed by atoms with Gasteiger partial charge in [-0.15, -0.1) is 11.3 Å². The molecule has 84 valence electrons. The number of halogens is 2. The van der Waals surface area contributed by atoms with Gasteiger partial charge in [0.2, 0.25) is 14.2 Å². The van der Waals surface area contributed by atoms with Crippen LogP contribution < -0.4 is 0 Å². The molecule has 2 rings (SSSR count). The second kappa shape index (κ2) is 3.91. The Hall–Kier alpha value is -1.34. The molecule has 0 spiro atoms. The molecular weight excluding hydrogens is 256 g/mol. The fourth-order valence-electron chi connectivity index (χ4n) is 1.13. The number of hydrogen-bond acceptors (Lipinski definition) is 4. The highest BCUT2D eigenvalue weighted by molar-refractivity contribution is 7.93. The largest absolute Gasteiger partial charge is 0.233 e. The van der Waals surface area contributed by atoms with Gasteiger partial charge in [0.15, 0.2) is 0 Å². The smallest absolute Gasteiger partial charge is 0.233 e. The van der Waals surface area contributed by atoms with Crippen molar-refractivity contribution in [3.63, 3.8) is 0 Å². The average molecular weight is 261 g/mol. The normalized spacial score (nSPS) is 11.6. The summed E-state index contributed by atoms with van der Waals surface area (Å²) in [5.74, 6) is -1.87. The fourth-order valence-corrected chi connectivity index (χ4v) is 3.39. The van der Waals surface area contributed by atoms with Crippen LogP contribution in [0, 0.1) is 11.6 Å². The lowest BCUT2D eigenvalue weighted by Gasteiger charge is -2.01. The van der Waals surface area contributed by atoms with Crippen LogP contribution in [0.5, 0.6) is 0 Å². The van der Waals surface area contributed by atoms with E-state index >= 15 is 0 Å². The lowest BCUT2D eigenvalue weighted by atomic mass is 10.3. The second-order valence-electron chi connectivity index (χ2n) is 2.91. The summed E-state index contributed by atoms with van der Waals surface area (Å²) in [5, 5.41) is 1.47. The zero-order valence-electron chi connectivity index (χ0n) is 7.72. The van der Waals surface area contributed by atoms with Gasteiger partial charge in [0, 0.05) is 17.6 Å². The number of benzene rings is 1. The zero-order valence-corrected chi connectivity index (χ0v) is 9.36. The second-order valence-corrected chi connectivity index (χ2v) is 5.92. The molecule has 0 aliphatic carbocycles. The molecule has 0 radical (unpaired) electrons. The highest BCUT2D eigenvalue weighted by Crippen LogP contribution is 2.23. The standard InChI is InChI=1S/C9H5F2NO2S2/c10-6-3-7(11)5-8(4-6)16(13,14)9-12-1-2-15-9/h1-5H. The van der Waals surface area contributed by atoms with Gasteiger partial charge in [0.05, 0.1) is 4.90 Å². The van der Waals surface area contributed by atoms with Gasteiger partial charge in [-0.3, -0.25) is 0 Å². The summed E-state index contributed by atoms with van der Waals surface area (Å²) in [5.41, 5.74) is 0. The van der Waals surface area contributed by atoms with Crippen LogP contribution in [0.3, 0.4) is 0 Å². The Morgan fingerprint density at radius 3 is 2.25 bits per heavy atom. The van der Waals surface area contributed by atoms with Gasteiger partial charge in [-0.05, 0) is 12.1 Å². The monoisotopic (exact) mass is 261 g/mol. The van der Waals surface area contributed by atoms with Crippen LogP contribution in [0.4, 0.5) is 8.78 Å². The molecule has 0 aliphatic rings. The Morgan fingerprint density at radius 1 is 1.12 bits per heavy atom. The molecule has 1 heterocycles. The number of thiazole rings is 1. The third kappa shape index (κ3) is 1.96. The number of rotatable bonds is 2. The third-order valence-corrected chi connectivity index (χ3v) is 4.72. The first-order valence-corrected chi connectivity index (χ1v) is 6.47. The van der Waals surface area contributed by atoms with Crippen LogP contribution in [0.2, 0.25) is 0 Å². The molecule has 0 atom stereocenters. The molecule has 0 fully saturated rings. The number of nitrogens with zero attached hydrogens (tertiary/aromatic N) is 1. The van der Waals surface area contributed by atoms with Crippen molar-refractivity contribution >= 4 is 21.2 Å². The summed E-state index contributed by atoms with van der Waals surface area (Å²) in [6.07, 6.45) is 1.31. The van der Waals surface area contributed by atoms with E-state index in [1.54, 1.807) is 0 Å². The van der Waals surface area contributed by atoms with Crippen molar-refractivity contribution in [3.8, 4) is 0 Å². The van der Waals surface area contributed by atoms with Crippen LogP contribution >= 0.6 is 11.3 Å². The average Bonchev–Trinajstić information content (AvgIpc) is 2.69. The van der Waals surface area contributed by atoms with Crippen molar-refractivity contribution in [1.82, 2.24) is 4.98 Å². The fraction of sp³-hybridized carbons (Fsp3) is 0. The first-order chi connectivity index (χ1) is 7.50. The van der Waals surface area contributed by atoms with E-state index < -0.39 is 26.4 Å². The molecule has 0 N–H and O–H groups in total. The molecule has 0 aliphatic heterocycles. The van der Waals surface area contributed by atoms with Crippen LogP contribution in [0.25, 0.3) is 0 Å². The van der Waals surface area contributed by atoms with Crippen molar-refractivity contribution in [1.29, 1.82) is 0 Å². The molecule has 0 bridgehead atoms. The third-order valence-electron chi connectivity index (χ3n) is 1.79. The summed E-state index contributed by atoms with van der Waals surface area (Å²) in [4.78, 5) is 3.18. The Kier molecular flexibility index (Phi) is 2.73. The minimum Gasteiger partial charge on any atom is -0.233 e. The summed E-state index contributed by atoms with van der Waals surface area (Å²) in [6, 6.07) is 2.14. The minimum atomic E-state index is -3.91. The minimum absolute atomic E-state index is 0.183.